The summed E-state index contributed by atoms with van der Waals surface area (Å²) in [5.74, 6) is 1.10. The Hall–Kier alpha value is -2.60. The molecule has 3 aromatic rings. The van der Waals surface area contributed by atoms with E-state index in [1.165, 1.54) is 11.1 Å². The van der Waals surface area contributed by atoms with Crippen molar-refractivity contribution in [3.8, 4) is 11.6 Å². The van der Waals surface area contributed by atoms with E-state index in [9.17, 15) is 0 Å². The van der Waals surface area contributed by atoms with Gasteiger partial charge >= 0.3 is 0 Å². The molecule has 0 spiro atoms. The first kappa shape index (κ1) is 15.0. The van der Waals surface area contributed by atoms with Crippen LogP contribution in [0, 0.1) is 6.92 Å². The molecule has 1 atom stereocenters. The lowest BCUT2D eigenvalue weighted by Crippen LogP contribution is -2.23. The van der Waals surface area contributed by atoms with Crippen LogP contribution in [-0.2, 0) is 6.54 Å². The van der Waals surface area contributed by atoms with Crippen LogP contribution in [0.1, 0.15) is 35.9 Å². The second kappa shape index (κ2) is 6.49. The topological polar surface area (TPSA) is 67.9 Å². The quantitative estimate of drug-likeness (QED) is 0.735. The summed E-state index contributed by atoms with van der Waals surface area (Å²) in [6, 6.07) is 8.79. The summed E-state index contributed by atoms with van der Waals surface area (Å²) in [6.07, 6.45) is 7.06. The molecule has 6 heteroatoms. The molecule has 0 bridgehead atoms. The Morgan fingerprint density at radius 3 is 3.04 bits per heavy atom. The van der Waals surface area contributed by atoms with E-state index in [0.29, 0.717) is 17.5 Å². The zero-order chi connectivity index (χ0) is 16.4. The molecule has 6 nitrogen and oxygen atoms in total. The Bertz CT molecular complexity index is 817. The van der Waals surface area contributed by atoms with Crippen LogP contribution in [0.2, 0.25) is 0 Å². The minimum atomic E-state index is 0.170. The van der Waals surface area contributed by atoms with Gasteiger partial charge in [0.2, 0.25) is 5.89 Å². The third-order valence-electron chi connectivity index (χ3n) is 4.34. The third-order valence-corrected chi connectivity index (χ3v) is 4.34. The fourth-order valence-corrected chi connectivity index (χ4v) is 3.22. The monoisotopic (exact) mass is 321 g/mol. The molecule has 24 heavy (non-hydrogen) atoms. The van der Waals surface area contributed by atoms with Crippen LogP contribution in [-0.4, -0.2) is 31.6 Å². The van der Waals surface area contributed by atoms with E-state index >= 15 is 0 Å². The van der Waals surface area contributed by atoms with Crippen LogP contribution in [0.5, 0.6) is 0 Å². The molecule has 1 fully saturated rings. The van der Waals surface area contributed by atoms with Gasteiger partial charge in [0.05, 0.1) is 12.2 Å². The Morgan fingerprint density at radius 2 is 2.21 bits per heavy atom. The SMILES string of the molecule is Cc1cccc(CN2CCCC2c2nnc(-c3cnccn3)o2)c1. The van der Waals surface area contributed by atoms with Crippen molar-refractivity contribution in [2.24, 2.45) is 0 Å². The van der Waals surface area contributed by atoms with Crippen molar-refractivity contribution in [1.82, 2.24) is 25.1 Å². The lowest BCUT2D eigenvalue weighted by atomic mass is 10.1. The molecule has 2 aromatic heterocycles. The van der Waals surface area contributed by atoms with Crippen LogP contribution in [0.4, 0.5) is 0 Å². The maximum absolute atomic E-state index is 5.88. The molecule has 1 aromatic carbocycles. The van der Waals surface area contributed by atoms with Crippen LogP contribution < -0.4 is 0 Å². The zero-order valence-electron chi connectivity index (χ0n) is 13.6. The predicted octanol–water partition coefficient (Wildman–Crippen LogP) is 3.17. The Morgan fingerprint density at radius 1 is 1.25 bits per heavy atom. The summed E-state index contributed by atoms with van der Waals surface area (Å²) in [6.45, 7) is 4.06. The highest BCUT2D eigenvalue weighted by Crippen LogP contribution is 2.33. The molecule has 1 aliphatic heterocycles. The van der Waals surface area contributed by atoms with E-state index in [-0.39, 0.29) is 6.04 Å². The predicted molar refractivity (Wildman–Crippen MR) is 88.9 cm³/mol. The molecule has 1 saturated heterocycles. The van der Waals surface area contributed by atoms with Gasteiger partial charge in [0, 0.05) is 18.9 Å². The first-order valence-electron chi connectivity index (χ1n) is 8.19. The molecular weight excluding hydrogens is 302 g/mol. The van der Waals surface area contributed by atoms with Gasteiger partial charge in [0.15, 0.2) is 0 Å². The van der Waals surface area contributed by atoms with Crippen LogP contribution in [0.25, 0.3) is 11.6 Å². The number of aryl methyl sites for hydroxylation is 1. The molecule has 1 unspecified atom stereocenters. The zero-order valence-corrected chi connectivity index (χ0v) is 13.6. The van der Waals surface area contributed by atoms with Crippen LogP contribution in [0.3, 0.4) is 0 Å². The largest absolute Gasteiger partial charge is 0.417 e. The Labute approximate surface area is 140 Å². The van der Waals surface area contributed by atoms with E-state index in [2.05, 4.69) is 56.3 Å². The number of likely N-dealkylation sites (tertiary alicyclic amines) is 1. The van der Waals surface area contributed by atoms with Gasteiger partial charge < -0.3 is 4.42 Å². The lowest BCUT2D eigenvalue weighted by molar-refractivity contribution is 0.215. The van der Waals surface area contributed by atoms with Gasteiger partial charge in [-0.25, -0.2) is 4.98 Å². The van der Waals surface area contributed by atoms with E-state index < -0.39 is 0 Å². The normalized spacial score (nSPS) is 18.1. The Kier molecular flexibility index (Phi) is 4.04. The highest BCUT2D eigenvalue weighted by atomic mass is 16.4. The highest BCUT2D eigenvalue weighted by Gasteiger charge is 2.30. The standard InChI is InChI=1S/C18H19N5O/c1-13-4-2-5-14(10-13)12-23-9-3-6-16(23)18-22-21-17(24-18)15-11-19-7-8-20-15/h2,4-5,7-8,10-11,16H,3,6,9,12H2,1H3. The molecule has 0 saturated carbocycles. The summed E-state index contributed by atoms with van der Waals surface area (Å²) in [7, 11) is 0. The average molecular weight is 321 g/mol. The van der Waals surface area contributed by atoms with Gasteiger partial charge in [-0.2, -0.15) is 0 Å². The second-order valence-corrected chi connectivity index (χ2v) is 6.15. The number of hydrogen-bond donors (Lipinski definition) is 0. The first-order valence-corrected chi connectivity index (χ1v) is 8.19. The molecule has 0 N–H and O–H groups in total. The van der Waals surface area contributed by atoms with Crippen LogP contribution in [0.15, 0.2) is 47.3 Å². The molecule has 122 valence electrons. The third kappa shape index (κ3) is 3.05. The summed E-state index contributed by atoms with van der Waals surface area (Å²) in [5.41, 5.74) is 3.21. The fourth-order valence-electron chi connectivity index (χ4n) is 3.22. The summed E-state index contributed by atoms with van der Waals surface area (Å²) >= 11 is 0. The average Bonchev–Trinajstić information content (AvgIpc) is 3.25. The first-order chi connectivity index (χ1) is 11.8. The van der Waals surface area contributed by atoms with Crippen LogP contribution >= 0.6 is 0 Å². The number of hydrogen-bond acceptors (Lipinski definition) is 6. The van der Waals surface area contributed by atoms with Gasteiger partial charge in [-0.3, -0.25) is 9.88 Å². The van der Waals surface area contributed by atoms with E-state index in [1.807, 2.05) is 0 Å². The van der Waals surface area contributed by atoms with Crippen molar-refractivity contribution in [3.63, 3.8) is 0 Å². The highest BCUT2D eigenvalue weighted by molar-refractivity contribution is 5.43. The van der Waals surface area contributed by atoms with Gasteiger partial charge in [-0.05, 0) is 31.9 Å². The number of nitrogens with zero attached hydrogens (tertiary/aromatic N) is 5. The van der Waals surface area contributed by atoms with Gasteiger partial charge in [0.1, 0.15) is 5.69 Å². The maximum atomic E-state index is 5.88. The molecule has 0 amide bonds. The summed E-state index contributed by atoms with van der Waals surface area (Å²) in [5, 5.41) is 8.40. The van der Waals surface area contributed by atoms with Gasteiger partial charge in [0.25, 0.3) is 5.89 Å². The smallest absolute Gasteiger partial charge is 0.267 e. The number of rotatable bonds is 4. The summed E-state index contributed by atoms with van der Waals surface area (Å²) in [4.78, 5) is 10.7. The number of benzene rings is 1. The minimum Gasteiger partial charge on any atom is -0.417 e. The maximum Gasteiger partial charge on any atom is 0.267 e. The Balaban J connectivity index is 1.54. The summed E-state index contributed by atoms with van der Waals surface area (Å²) < 4.78 is 5.88. The lowest BCUT2D eigenvalue weighted by Gasteiger charge is -2.21. The fraction of sp³-hybridized carbons (Fsp3) is 0.333. The molecule has 0 aliphatic carbocycles. The van der Waals surface area contributed by atoms with Gasteiger partial charge in [-0.15, -0.1) is 10.2 Å². The van der Waals surface area contributed by atoms with Crippen molar-refractivity contribution < 1.29 is 4.42 Å². The van der Waals surface area contributed by atoms with Gasteiger partial charge in [-0.1, -0.05) is 29.8 Å². The minimum absolute atomic E-state index is 0.170. The van der Waals surface area contributed by atoms with E-state index in [0.717, 1.165) is 25.9 Å². The van der Waals surface area contributed by atoms with E-state index in [1.54, 1.807) is 18.6 Å². The molecule has 1 aliphatic rings. The number of aromatic nitrogens is 4. The second-order valence-electron chi connectivity index (χ2n) is 6.15. The van der Waals surface area contributed by atoms with Crippen molar-refractivity contribution in [2.75, 3.05) is 6.54 Å². The van der Waals surface area contributed by atoms with Crippen molar-refractivity contribution >= 4 is 0 Å². The molecular formula is C18H19N5O. The van der Waals surface area contributed by atoms with Crippen molar-refractivity contribution in [3.05, 3.63) is 59.9 Å². The molecule has 0 radical (unpaired) electrons. The van der Waals surface area contributed by atoms with E-state index in [4.69, 9.17) is 4.42 Å². The molecule has 4 rings (SSSR count). The molecule has 3 heterocycles. The van der Waals surface area contributed by atoms with Crippen molar-refractivity contribution in [2.45, 2.75) is 32.4 Å². The van der Waals surface area contributed by atoms with Crippen molar-refractivity contribution in [1.29, 1.82) is 0 Å².